The van der Waals surface area contributed by atoms with Crippen molar-refractivity contribution in [2.75, 3.05) is 20.2 Å². The van der Waals surface area contributed by atoms with Gasteiger partial charge in [-0.3, -0.25) is 14.7 Å². The monoisotopic (exact) mass is 428 g/mol. The number of benzene rings is 1. The van der Waals surface area contributed by atoms with Crippen LogP contribution in [0.3, 0.4) is 0 Å². The number of rotatable bonds is 6. The second-order valence-electron chi connectivity index (χ2n) is 8.90. The van der Waals surface area contributed by atoms with Gasteiger partial charge in [0, 0.05) is 43.8 Å². The molecule has 8 heteroatoms. The third kappa shape index (κ3) is 5.77. The molecule has 31 heavy (non-hydrogen) atoms. The number of methoxy groups -OCH3 is 1. The van der Waals surface area contributed by atoms with E-state index >= 15 is 0 Å². The standard InChI is InChI=1S/C23H32N4O4/c1-15(28)27-10-8-18(9-11-27)31-20-12-16(6-7-19(20)30-5)22(29)24-14-17-13-21(26-25-17)23(2,3)4/h6-7,12-13,18H,8-11,14H2,1-5H3,(H,24,29)(H,25,26). The van der Waals surface area contributed by atoms with Crippen LogP contribution in [-0.2, 0) is 16.8 Å². The first-order valence-electron chi connectivity index (χ1n) is 10.6. The number of aromatic amines is 1. The average Bonchev–Trinajstić information content (AvgIpc) is 3.22. The first-order valence-corrected chi connectivity index (χ1v) is 10.6. The van der Waals surface area contributed by atoms with Gasteiger partial charge in [-0.2, -0.15) is 5.10 Å². The van der Waals surface area contributed by atoms with Crippen LogP contribution in [0.2, 0.25) is 0 Å². The van der Waals surface area contributed by atoms with E-state index in [4.69, 9.17) is 9.47 Å². The zero-order valence-electron chi connectivity index (χ0n) is 18.9. The lowest BCUT2D eigenvalue weighted by Gasteiger charge is -2.31. The molecule has 1 saturated heterocycles. The highest BCUT2D eigenvalue weighted by molar-refractivity contribution is 5.94. The van der Waals surface area contributed by atoms with E-state index in [2.05, 4.69) is 36.3 Å². The van der Waals surface area contributed by atoms with Crippen molar-refractivity contribution in [1.82, 2.24) is 20.4 Å². The number of carbonyl (C=O) groups excluding carboxylic acids is 2. The smallest absolute Gasteiger partial charge is 0.251 e. The fourth-order valence-corrected chi connectivity index (χ4v) is 3.49. The van der Waals surface area contributed by atoms with Crippen LogP contribution in [0.25, 0.3) is 0 Å². The molecule has 8 nitrogen and oxygen atoms in total. The molecule has 2 heterocycles. The largest absolute Gasteiger partial charge is 0.493 e. The molecule has 2 N–H and O–H groups in total. The fourth-order valence-electron chi connectivity index (χ4n) is 3.49. The van der Waals surface area contributed by atoms with Gasteiger partial charge in [0.05, 0.1) is 25.0 Å². The van der Waals surface area contributed by atoms with E-state index in [0.29, 0.717) is 36.7 Å². The first-order chi connectivity index (χ1) is 14.7. The van der Waals surface area contributed by atoms with Crippen LogP contribution in [-0.4, -0.2) is 53.2 Å². The molecule has 1 aliphatic rings. The highest BCUT2D eigenvalue weighted by atomic mass is 16.5. The summed E-state index contributed by atoms with van der Waals surface area (Å²) in [6, 6.07) is 7.13. The summed E-state index contributed by atoms with van der Waals surface area (Å²) in [7, 11) is 1.57. The number of nitrogens with zero attached hydrogens (tertiary/aromatic N) is 2. The van der Waals surface area contributed by atoms with Crippen molar-refractivity contribution in [3.63, 3.8) is 0 Å². The van der Waals surface area contributed by atoms with E-state index in [-0.39, 0.29) is 23.3 Å². The molecule has 1 aromatic heterocycles. The number of H-pyrrole nitrogens is 1. The second kappa shape index (κ2) is 9.41. The number of likely N-dealkylation sites (tertiary alicyclic amines) is 1. The molecule has 0 unspecified atom stereocenters. The number of piperidine rings is 1. The molecule has 1 fully saturated rings. The molecular weight excluding hydrogens is 396 g/mol. The minimum absolute atomic E-state index is 0.0244. The van der Waals surface area contributed by atoms with Gasteiger partial charge in [0.2, 0.25) is 5.91 Å². The molecular formula is C23H32N4O4. The van der Waals surface area contributed by atoms with Crippen molar-refractivity contribution >= 4 is 11.8 Å². The van der Waals surface area contributed by atoms with Gasteiger partial charge >= 0.3 is 0 Å². The molecule has 3 rings (SSSR count). The summed E-state index contributed by atoms with van der Waals surface area (Å²) in [5.41, 5.74) is 2.24. The molecule has 0 radical (unpaired) electrons. The Hall–Kier alpha value is -3.03. The van der Waals surface area contributed by atoms with Crippen molar-refractivity contribution in [3.05, 3.63) is 41.2 Å². The number of ether oxygens (including phenoxy) is 2. The van der Waals surface area contributed by atoms with Gasteiger partial charge in [-0.25, -0.2) is 0 Å². The number of hydrogen-bond acceptors (Lipinski definition) is 5. The number of hydrogen-bond donors (Lipinski definition) is 2. The van der Waals surface area contributed by atoms with Crippen LogP contribution in [0.5, 0.6) is 11.5 Å². The molecule has 0 saturated carbocycles. The minimum atomic E-state index is -0.203. The molecule has 1 aromatic carbocycles. The summed E-state index contributed by atoms with van der Waals surface area (Å²) in [6.07, 6.45) is 1.47. The van der Waals surface area contributed by atoms with Gasteiger partial charge in [0.15, 0.2) is 11.5 Å². The van der Waals surface area contributed by atoms with Crippen molar-refractivity contribution in [2.45, 2.75) is 58.6 Å². The zero-order chi connectivity index (χ0) is 22.6. The van der Waals surface area contributed by atoms with Crippen LogP contribution in [0, 0.1) is 0 Å². The normalized spacial score (nSPS) is 14.9. The zero-order valence-corrected chi connectivity index (χ0v) is 18.9. The fraction of sp³-hybridized carbons (Fsp3) is 0.522. The Bertz CT molecular complexity index is 924. The van der Waals surface area contributed by atoms with E-state index in [1.165, 1.54) is 0 Å². The summed E-state index contributed by atoms with van der Waals surface area (Å²) in [5.74, 6) is 0.995. The lowest BCUT2D eigenvalue weighted by Crippen LogP contribution is -2.40. The molecule has 168 valence electrons. The van der Waals surface area contributed by atoms with Crippen molar-refractivity contribution < 1.29 is 19.1 Å². The number of aromatic nitrogens is 2. The number of carbonyl (C=O) groups is 2. The Labute approximate surface area is 183 Å². The molecule has 0 spiro atoms. The lowest BCUT2D eigenvalue weighted by molar-refractivity contribution is -0.130. The van der Waals surface area contributed by atoms with Crippen molar-refractivity contribution in [2.24, 2.45) is 0 Å². The number of amides is 2. The summed E-state index contributed by atoms with van der Waals surface area (Å²) in [5, 5.41) is 10.2. The highest BCUT2D eigenvalue weighted by Crippen LogP contribution is 2.31. The maximum Gasteiger partial charge on any atom is 0.251 e. The van der Waals surface area contributed by atoms with Crippen LogP contribution >= 0.6 is 0 Å². The lowest BCUT2D eigenvalue weighted by atomic mass is 9.92. The van der Waals surface area contributed by atoms with Crippen molar-refractivity contribution in [1.29, 1.82) is 0 Å². The molecule has 1 aliphatic heterocycles. The topological polar surface area (TPSA) is 96.5 Å². The maximum atomic E-state index is 12.7. The molecule has 0 bridgehead atoms. The first kappa shape index (κ1) is 22.7. The van der Waals surface area contributed by atoms with Gasteiger partial charge < -0.3 is 19.7 Å². The van der Waals surface area contributed by atoms with E-state index in [1.807, 2.05) is 11.0 Å². The van der Waals surface area contributed by atoms with Gasteiger partial charge in [0.25, 0.3) is 5.91 Å². The van der Waals surface area contributed by atoms with Crippen LogP contribution in [0.1, 0.15) is 62.3 Å². The Kier molecular flexibility index (Phi) is 6.87. The predicted octanol–water partition coefficient (Wildman–Crippen LogP) is 3.04. The maximum absolute atomic E-state index is 12.7. The van der Waals surface area contributed by atoms with Gasteiger partial charge in [0.1, 0.15) is 6.10 Å². The molecule has 0 aliphatic carbocycles. The van der Waals surface area contributed by atoms with Crippen molar-refractivity contribution in [3.8, 4) is 11.5 Å². The Morgan fingerprint density at radius 2 is 1.90 bits per heavy atom. The molecule has 2 amide bonds. The van der Waals surface area contributed by atoms with Crippen LogP contribution in [0.4, 0.5) is 0 Å². The second-order valence-corrected chi connectivity index (χ2v) is 8.90. The van der Waals surface area contributed by atoms with Crippen LogP contribution in [0.15, 0.2) is 24.3 Å². The summed E-state index contributed by atoms with van der Waals surface area (Å²) >= 11 is 0. The average molecular weight is 429 g/mol. The molecule has 2 aromatic rings. The third-order valence-corrected chi connectivity index (χ3v) is 5.45. The van der Waals surface area contributed by atoms with Gasteiger partial charge in [-0.1, -0.05) is 20.8 Å². The molecule has 0 atom stereocenters. The Balaban J connectivity index is 1.63. The van der Waals surface area contributed by atoms with E-state index in [9.17, 15) is 9.59 Å². The number of nitrogens with one attached hydrogen (secondary N) is 2. The minimum Gasteiger partial charge on any atom is -0.493 e. The Morgan fingerprint density at radius 3 is 2.48 bits per heavy atom. The predicted molar refractivity (Wildman–Crippen MR) is 117 cm³/mol. The van der Waals surface area contributed by atoms with E-state index in [1.54, 1.807) is 32.2 Å². The van der Waals surface area contributed by atoms with Crippen LogP contribution < -0.4 is 14.8 Å². The quantitative estimate of drug-likeness (QED) is 0.737. The van der Waals surface area contributed by atoms with E-state index < -0.39 is 0 Å². The highest BCUT2D eigenvalue weighted by Gasteiger charge is 2.23. The van der Waals surface area contributed by atoms with E-state index in [0.717, 1.165) is 24.2 Å². The van der Waals surface area contributed by atoms with Gasteiger partial charge in [-0.05, 0) is 24.3 Å². The SMILES string of the molecule is COc1ccc(C(=O)NCc2cc(C(C)(C)C)n[nH]2)cc1OC1CCN(C(C)=O)CC1. The van der Waals surface area contributed by atoms with Gasteiger partial charge in [-0.15, -0.1) is 0 Å². The summed E-state index contributed by atoms with van der Waals surface area (Å²) in [6.45, 7) is 9.55. The Morgan fingerprint density at radius 1 is 1.19 bits per heavy atom. The summed E-state index contributed by atoms with van der Waals surface area (Å²) < 4.78 is 11.6. The third-order valence-electron chi connectivity index (χ3n) is 5.45. The summed E-state index contributed by atoms with van der Waals surface area (Å²) in [4.78, 5) is 26.0.